The van der Waals surface area contributed by atoms with Gasteiger partial charge in [-0.05, 0) is 24.6 Å². The molecule has 1 atom stereocenters. The van der Waals surface area contributed by atoms with E-state index in [1.807, 2.05) is 18.2 Å². The lowest BCUT2D eigenvalue weighted by molar-refractivity contribution is 0.0666. The molecule has 0 radical (unpaired) electrons. The summed E-state index contributed by atoms with van der Waals surface area (Å²) >= 11 is 0. The average Bonchev–Trinajstić information content (AvgIpc) is 2.18. The van der Waals surface area contributed by atoms with E-state index in [1.165, 1.54) is 0 Å². The first-order valence-corrected chi connectivity index (χ1v) is 4.17. The van der Waals surface area contributed by atoms with Crippen LogP contribution in [0.15, 0.2) is 24.3 Å². The van der Waals surface area contributed by atoms with E-state index in [2.05, 4.69) is 0 Å². The predicted octanol–water partition coefficient (Wildman–Crippen LogP) is 0.861. The van der Waals surface area contributed by atoms with Crippen LogP contribution in [0, 0.1) is 0 Å². The molecule has 1 aromatic rings. The molecule has 0 aliphatic heterocycles. The maximum atomic E-state index is 9.83. The lowest BCUT2D eigenvalue weighted by Crippen LogP contribution is -2.31. The normalized spacial score (nSPS) is 15.1. The molecule has 3 nitrogen and oxygen atoms in total. The highest BCUT2D eigenvalue weighted by Crippen LogP contribution is 2.22. The van der Waals surface area contributed by atoms with Crippen molar-refractivity contribution in [1.82, 2.24) is 0 Å². The Morgan fingerprint density at radius 2 is 2.23 bits per heavy atom. The molecular weight excluding hydrogens is 166 g/mol. The maximum Gasteiger partial charge on any atom is 0.119 e. The zero-order valence-corrected chi connectivity index (χ0v) is 7.95. The van der Waals surface area contributed by atoms with Gasteiger partial charge in [0.25, 0.3) is 0 Å². The fourth-order valence-corrected chi connectivity index (χ4v) is 1.08. The Hall–Kier alpha value is -1.06. The van der Waals surface area contributed by atoms with Crippen molar-refractivity contribution in [2.24, 2.45) is 5.73 Å². The van der Waals surface area contributed by atoms with Crippen LogP contribution in [0.25, 0.3) is 0 Å². The summed E-state index contributed by atoms with van der Waals surface area (Å²) in [4.78, 5) is 0. The zero-order valence-electron chi connectivity index (χ0n) is 7.95. The number of rotatable bonds is 3. The van der Waals surface area contributed by atoms with Crippen LogP contribution in [0.4, 0.5) is 0 Å². The lowest BCUT2D eigenvalue weighted by Gasteiger charge is -2.21. The van der Waals surface area contributed by atoms with Gasteiger partial charge in [0.05, 0.1) is 12.7 Å². The lowest BCUT2D eigenvalue weighted by atomic mass is 9.96. The number of hydrogen-bond acceptors (Lipinski definition) is 3. The first-order chi connectivity index (χ1) is 6.10. The molecular formula is C10H15NO2. The van der Waals surface area contributed by atoms with E-state index in [9.17, 15) is 5.11 Å². The van der Waals surface area contributed by atoms with Crippen LogP contribution >= 0.6 is 0 Å². The van der Waals surface area contributed by atoms with E-state index >= 15 is 0 Å². The van der Waals surface area contributed by atoms with E-state index < -0.39 is 5.60 Å². The summed E-state index contributed by atoms with van der Waals surface area (Å²) in [6, 6.07) is 7.27. The maximum absolute atomic E-state index is 9.83. The van der Waals surface area contributed by atoms with Crippen LogP contribution in [-0.2, 0) is 5.60 Å². The van der Waals surface area contributed by atoms with Crippen LogP contribution in [0.3, 0.4) is 0 Å². The highest BCUT2D eigenvalue weighted by molar-refractivity contribution is 5.32. The molecule has 0 spiro atoms. The molecule has 0 aromatic heterocycles. The number of benzene rings is 1. The molecule has 0 saturated carbocycles. The van der Waals surface area contributed by atoms with E-state index in [4.69, 9.17) is 10.5 Å². The summed E-state index contributed by atoms with van der Waals surface area (Å²) in [5.74, 6) is 0.728. The monoisotopic (exact) mass is 181 g/mol. The van der Waals surface area contributed by atoms with Crippen molar-refractivity contribution in [3.8, 4) is 5.75 Å². The van der Waals surface area contributed by atoms with E-state index in [0.717, 1.165) is 11.3 Å². The van der Waals surface area contributed by atoms with Crippen molar-refractivity contribution < 1.29 is 9.84 Å². The minimum absolute atomic E-state index is 0.195. The largest absolute Gasteiger partial charge is 0.497 e. The number of methoxy groups -OCH3 is 1. The summed E-state index contributed by atoms with van der Waals surface area (Å²) in [6.07, 6.45) is 0. The molecule has 0 unspecified atom stereocenters. The van der Waals surface area contributed by atoms with Gasteiger partial charge in [0.15, 0.2) is 0 Å². The first-order valence-electron chi connectivity index (χ1n) is 4.17. The van der Waals surface area contributed by atoms with Crippen molar-refractivity contribution in [3.63, 3.8) is 0 Å². The Morgan fingerprint density at radius 1 is 1.54 bits per heavy atom. The molecule has 1 rings (SSSR count). The van der Waals surface area contributed by atoms with Gasteiger partial charge in [-0.3, -0.25) is 0 Å². The Kier molecular flexibility index (Phi) is 2.90. The van der Waals surface area contributed by atoms with Gasteiger partial charge < -0.3 is 15.6 Å². The Balaban J connectivity index is 3.01. The number of ether oxygens (including phenoxy) is 1. The van der Waals surface area contributed by atoms with Crippen LogP contribution in [0.2, 0.25) is 0 Å². The summed E-state index contributed by atoms with van der Waals surface area (Å²) in [5, 5.41) is 9.83. The SMILES string of the molecule is COc1cccc([C@](C)(O)CN)c1. The number of hydrogen-bond donors (Lipinski definition) is 2. The summed E-state index contributed by atoms with van der Waals surface area (Å²) in [7, 11) is 1.59. The first kappa shape index (κ1) is 10.0. The molecule has 0 aliphatic carbocycles. The second-order valence-electron chi connectivity index (χ2n) is 3.21. The van der Waals surface area contributed by atoms with Gasteiger partial charge in [0.2, 0.25) is 0 Å². The van der Waals surface area contributed by atoms with Gasteiger partial charge >= 0.3 is 0 Å². The quantitative estimate of drug-likeness (QED) is 0.727. The van der Waals surface area contributed by atoms with Crippen LogP contribution in [-0.4, -0.2) is 18.8 Å². The topological polar surface area (TPSA) is 55.5 Å². The third kappa shape index (κ3) is 2.20. The van der Waals surface area contributed by atoms with Crippen molar-refractivity contribution in [1.29, 1.82) is 0 Å². The molecule has 1 aromatic carbocycles. The Bertz CT molecular complexity index is 284. The van der Waals surface area contributed by atoms with Gasteiger partial charge in [-0.1, -0.05) is 12.1 Å². The number of aliphatic hydroxyl groups is 1. The smallest absolute Gasteiger partial charge is 0.119 e. The zero-order chi connectivity index (χ0) is 9.90. The number of nitrogens with two attached hydrogens (primary N) is 1. The molecule has 0 heterocycles. The van der Waals surface area contributed by atoms with Crippen LogP contribution < -0.4 is 10.5 Å². The molecule has 0 amide bonds. The highest BCUT2D eigenvalue weighted by atomic mass is 16.5. The molecule has 3 N–H and O–H groups in total. The van der Waals surface area contributed by atoms with Crippen molar-refractivity contribution >= 4 is 0 Å². The standard InChI is InChI=1S/C10H15NO2/c1-10(12,7-11)8-4-3-5-9(6-8)13-2/h3-6,12H,7,11H2,1-2H3/t10-/m1/s1. The van der Waals surface area contributed by atoms with Gasteiger partial charge in [0.1, 0.15) is 5.75 Å². The van der Waals surface area contributed by atoms with Gasteiger partial charge in [-0.25, -0.2) is 0 Å². The van der Waals surface area contributed by atoms with Crippen molar-refractivity contribution in [2.45, 2.75) is 12.5 Å². The molecule has 72 valence electrons. The van der Waals surface area contributed by atoms with Crippen molar-refractivity contribution in [2.75, 3.05) is 13.7 Å². The molecule has 0 bridgehead atoms. The van der Waals surface area contributed by atoms with Crippen molar-refractivity contribution in [3.05, 3.63) is 29.8 Å². The Labute approximate surface area is 78.1 Å². The predicted molar refractivity (Wildman–Crippen MR) is 51.6 cm³/mol. The molecule has 0 fully saturated rings. The van der Waals surface area contributed by atoms with Gasteiger partial charge in [-0.15, -0.1) is 0 Å². The minimum Gasteiger partial charge on any atom is -0.497 e. The van der Waals surface area contributed by atoms with Crippen LogP contribution in [0.5, 0.6) is 5.75 Å². The minimum atomic E-state index is -0.978. The van der Waals surface area contributed by atoms with Gasteiger partial charge in [-0.2, -0.15) is 0 Å². The highest BCUT2D eigenvalue weighted by Gasteiger charge is 2.20. The summed E-state index contributed by atoms with van der Waals surface area (Å²) in [5.41, 5.74) is 5.23. The third-order valence-corrected chi connectivity index (χ3v) is 2.09. The second-order valence-corrected chi connectivity index (χ2v) is 3.21. The molecule has 13 heavy (non-hydrogen) atoms. The molecule has 3 heteroatoms. The van der Waals surface area contributed by atoms with Crippen LogP contribution in [0.1, 0.15) is 12.5 Å². The fraction of sp³-hybridized carbons (Fsp3) is 0.400. The summed E-state index contributed by atoms with van der Waals surface area (Å²) in [6.45, 7) is 1.88. The van der Waals surface area contributed by atoms with E-state index in [1.54, 1.807) is 20.1 Å². The third-order valence-electron chi connectivity index (χ3n) is 2.09. The van der Waals surface area contributed by atoms with E-state index in [-0.39, 0.29) is 6.54 Å². The Morgan fingerprint density at radius 3 is 2.77 bits per heavy atom. The van der Waals surface area contributed by atoms with Gasteiger partial charge in [0, 0.05) is 6.54 Å². The second kappa shape index (κ2) is 3.77. The fourth-order valence-electron chi connectivity index (χ4n) is 1.08. The average molecular weight is 181 g/mol. The van der Waals surface area contributed by atoms with E-state index in [0.29, 0.717) is 0 Å². The molecule has 0 aliphatic rings. The molecule has 0 saturated heterocycles. The summed E-state index contributed by atoms with van der Waals surface area (Å²) < 4.78 is 5.04.